The molecule has 0 fully saturated rings. The SMILES string of the molecule is CCCCNC(=O)c1csc(NC(=O)c2ccccc2C)n1. The molecular weight excluding hydrogens is 298 g/mol. The second-order valence-corrected chi connectivity index (χ2v) is 5.77. The van der Waals surface area contributed by atoms with Crippen LogP contribution in [-0.4, -0.2) is 23.3 Å². The van der Waals surface area contributed by atoms with Gasteiger partial charge in [0.2, 0.25) is 0 Å². The molecule has 1 aromatic carbocycles. The van der Waals surface area contributed by atoms with Gasteiger partial charge in [0, 0.05) is 17.5 Å². The molecule has 0 aliphatic rings. The molecule has 0 bridgehead atoms. The number of hydrogen-bond acceptors (Lipinski definition) is 4. The molecule has 0 atom stereocenters. The molecule has 0 aliphatic heterocycles. The summed E-state index contributed by atoms with van der Waals surface area (Å²) in [7, 11) is 0. The standard InChI is InChI=1S/C16H19N3O2S/c1-3-4-9-17-15(21)13-10-22-16(18-13)19-14(20)12-8-6-5-7-11(12)2/h5-8,10H,3-4,9H2,1-2H3,(H,17,21)(H,18,19,20). The van der Waals surface area contributed by atoms with Crippen LogP contribution in [0.25, 0.3) is 0 Å². The Morgan fingerprint density at radius 3 is 2.73 bits per heavy atom. The predicted molar refractivity (Wildman–Crippen MR) is 88.5 cm³/mol. The first kappa shape index (κ1) is 16.2. The fourth-order valence-electron chi connectivity index (χ4n) is 1.90. The molecule has 2 amide bonds. The van der Waals surface area contributed by atoms with Crippen LogP contribution in [0.4, 0.5) is 5.13 Å². The van der Waals surface area contributed by atoms with Gasteiger partial charge in [0.1, 0.15) is 5.69 Å². The Morgan fingerprint density at radius 2 is 2.00 bits per heavy atom. The number of rotatable bonds is 6. The lowest BCUT2D eigenvalue weighted by Gasteiger charge is -2.04. The minimum absolute atomic E-state index is 0.207. The number of benzene rings is 1. The topological polar surface area (TPSA) is 71.1 Å². The van der Waals surface area contributed by atoms with Gasteiger partial charge in [-0.3, -0.25) is 14.9 Å². The first-order chi connectivity index (χ1) is 10.6. The fourth-order valence-corrected chi connectivity index (χ4v) is 2.58. The van der Waals surface area contributed by atoms with Crippen LogP contribution in [0.1, 0.15) is 46.2 Å². The summed E-state index contributed by atoms with van der Waals surface area (Å²) in [6.07, 6.45) is 1.96. The summed E-state index contributed by atoms with van der Waals surface area (Å²) in [5.41, 5.74) is 1.84. The Balaban J connectivity index is 1.99. The average molecular weight is 317 g/mol. The maximum atomic E-state index is 12.2. The van der Waals surface area contributed by atoms with Crippen molar-refractivity contribution < 1.29 is 9.59 Å². The van der Waals surface area contributed by atoms with Crippen LogP contribution in [0.2, 0.25) is 0 Å². The summed E-state index contributed by atoms with van der Waals surface area (Å²) in [4.78, 5) is 28.2. The van der Waals surface area contributed by atoms with Gasteiger partial charge in [-0.1, -0.05) is 31.5 Å². The molecule has 2 N–H and O–H groups in total. The molecule has 0 aliphatic carbocycles. The first-order valence-electron chi connectivity index (χ1n) is 7.22. The number of carbonyl (C=O) groups excluding carboxylic acids is 2. The van der Waals surface area contributed by atoms with Gasteiger partial charge in [-0.05, 0) is 25.0 Å². The highest BCUT2D eigenvalue weighted by Gasteiger charge is 2.13. The van der Waals surface area contributed by atoms with E-state index in [-0.39, 0.29) is 11.8 Å². The van der Waals surface area contributed by atoms with Crippen LogP contribution in [0.3, 0.4) is 0 Å². The molecule has 2 rings (SSSR count). The van der Waals surface area contributed by atoms with E-state index < -0.39 is 0 Å². The van der Waals surface area contributed by atoms with Crippen LogP contribution in [0, 0.1) is 6.92 Å². The first-order valence-corrected chi connectivity index (χ1v) is 8.10. The Morgan fingerprint density at radius 1 is 1.23 bits per heavy atom. The van der Waals surface area contributed by atoms with Crippen molar-refractivity contribution in [1.29, 1.82) is 0 Å². The summed E-state index contributed by atoms with van der Waals surface area (Å²) in [5, 5.41) is 7.60. The van der Waals surface area contributed by atoms with E-state index in [1.54, 1.807) is 11.4 Å². The van der Waals surface area contributed by atoms with E-state index in [0.717, 1.165) is 18.4 Å². The Kier molecular flexibility index (Phi) is 5.66. The maximum absolute atomic E-state index is 12.2. The summed E-state index contributed by atoms with van der Waals surface area (Å²) in [6.45, 7) is 4.58. The van der Waals surface area contributed by atoms with E-state index in [4.69, 9.17) is 0 Å². The third-order valence-electron chi connectivity index (χ3n) is 3.16. The molecule has 116 valence electrons. The molecule has 5 nitrogen and oxygen atoms in total. The highest BCUT2D eigenvalue weighted by Crippen LogP contribution is 2.17. The smallest absolute Gasteiger partial charge is 0.270 e. The Bertz CT molecular complexity index is 667. The van der Waals surface area contributed by atoms with Crippen LogP contribution < -0.4 is 10.6 Å². The van der Waals surface area contributed by atoms with Gasteiger partial charge >= 0.3 is 0 Å². The van der Waals surface area contributed by atoms with E-state index >= 15 is 0 Å². The van der Waals surface area contributed by atoms with Gasteiger partial charge in [0.15, 0.2) is 5.13 Å². The number of amides is 2. The Hall–Kier alpha value is -2.21. The third-order valence-corrected chi connectivity index (χ3v) is 3.92. The summed E-state index contributed by atoms with van der Waals surface area (Å²) in [5.74, 6) is -0.425. The number of aromatic nitrogens is 1. The molecular formula is C16H19N3O2S. The summed E-state index contributed by atoms with van der Waals surface area (Å²) >= 11 is 1.24. The molecule has 0 saturated heterocycles. The lowest BCUT2D eigenvalue weighted by Crippen LogP contribution is -2.24. The van der Waals surface area contributed by atoms with Crippen LogP contribution >= 0.6 is 11.3 Å². The van der Waals surface area contributed by atoms with E-state index in [1.165, 1.54) is 11.3 Å². The summed E-state index contributed by atoms with van der Waals surface area (Å²) in [6, 6.07) is 7.34. The fraction of sp³-hybridized carbons (Fsp3) is 0.312. The number of carbonyl (C=O) groups is 2. The molecule has 0 saturated carbocycles. The minimum Gasteiger partial charge on any atom is -0.351 e. The van der Waals surface area contributed by atoms with Crippen molar-refractivity contribution in [2.75, 3.05) is 11.9 Å². The second kappa shape index (κ2) is 7.70. The minimum atomic E-state index is -0.217. The molecule has 0 radical (unpaired) electrons. The molecule has 1 heterocycles. The normalized spacial score (nSPS) is 10.3. The number of thiazole rings is 1. The monoisotopic (exact) mass is 317 g/mol. The van der Waals surface area contributed by atoms with Crippen molar-refractivity contribution in [3.05, 3.63) is 46.5 Å². The molecule has 6 heteroatoms. The van der Waals surface area contributed by atoms with Crippen molar-refractivity contribution in [2.45, 2.75) is 26.7 Å². The second-order valence-electron chi connectivity index (χ2n) is 4.92. The van der Waals surface area contributed by atoms with Gasteiger partial charge < -0.3 is 5.32 Å². The highest BCUT2D eigenvalue weighted by atomic mass is 32.1. The maximum Gasteiger partial charge on any atom is 0.270 e. The zero-order valence-electron chi connectivity index (χ0n) is 12.7. The van der Waals surface area contributed by atoms with Crippen molar-refractivity contribution >= 4 is 28.3 Å². The Labute approximate surface area is 133 Å². The van der Waals surface area contributed by atoms with Gasteiger partial charge in [0.25, 0.3) is 11.8 Å². The molecule has 2 aromatic rings. The van der Waals surface area contributed by atoms with Crippen molar-refractivity contribution in [3.8, 4) is 0 Å². The van der Waals surface area contributed by atoms with Crippen LogP contribution in [-0.2, 0) is 0 Å². The number of anilines is 1. The zero-order chi connectivity index (χ0) is 15.9. The van der Waals surface area contributed by atoms with E-state index in [9.17, 15) is 9.59 Å². The van der Waals surface area contributed by atoms with Crippen molar-refractivity contribution in [1.82, 2.24) is 10.3 Å². The van der Waals surface area contributed by atoms with Crippen LogP contribution in [0.15, 0.2) is 29.6 Å². The number of hydrogen-bond donors (Lipinski definition) is 2. The third kappa shape index (κ3) is 4.14. The molecule has 0 spiro atoms. The quantitative estimate of drug-likeness (QED) is 0.804. The van der Waals surface area contributed by atoms with E-state index in [1.807, 2.05) is 25.1 Å². The number of aryl methyl sites for hydroxylation is 1. The van der Waals surface area contributed by atoms with Crippen LogP contribution in [0.5, 0.6) is 0 Å². The predicted octanol–water partition coefficient (Wildman–Crippen LogP) is 3.23. The van der Waals surface area contributed by atoms with E-state index in [0.29, 0.717) is 22.9 Å². The molecule has 1 aromatic heterocycles. The molecule has 0 unspecified atom stereocenters. The highest BCUT2D eigenvalue weighted by molar-refractivity contribution is 7.14. The van der Waals surface area contributed by atoms with Gasteiger partial charge in [-0.25, -0.2) is 4.98 Å². The lowest BCUT2D eigenvalue weighted by atomic mass is 10.1. The largest absolute Gasteiger partial charge is 0.351 e. The van der Waals surface area contributed by atoms with Gasteiger partial charge in [-0.15, -0.1) is 11.3 Å². The average Bonchev–Trinajstić information content (AvgIpc) is 2.96. The van der Waals surface area contributed by atoms with Crippen molar-refractivity contribution in [3.63, 3.8) is 0 Å². The van der Waals surface area contributed by atoms with E-state index in [2.05, 4.69) is 22.5 Å². The van der Waals surface area contributed by atoms with Gasteiger partial charge in [-0.2, -0.15) is 0 Å². The lowest BCUT2D eigenvalue weighted by molar-refractivity contribution is 0.0947. The molecule has 22 heavy (non-hydrogen) atoms. The summed E-state index contributed by atoms with van der Waals surface area (Å²) < 4.78 is 0. The number of unbranched alkanes of at least 4 members (excludes halogenated alkanes) is 1. The van der Waals surface area contributed by atoms with Crippen molar-refractivity contribution in [2.24, 2.45) is 0 Å². The zero-order valence-corrected chi connectivity index (χ0v) is 13.5. The number of nitrogens with zero attached hydrogens (tertiary/aromatic N) is 1. The van der Waals surface area contributed by atoms with Gasteiger partial charge in [0.05, 0.1) is 0 Å². The number of nitrogens with one attached hydrogen (secondary N) is 2.